The molecule has 0 aliphatic carbocycles. The minimum atomic E-state index is -0.743. The van der Waals surface area contributed by atoms with Gasteiger partial charge in [-0.05, 0) is 55.1 Å². The van der Waals surface area contributed by atoms with E-state index in [1.807, 2.05) is 32.2 Å². The number of ether oxygens (including phenoxy) is 1. The first-order chi connectivity index (χ1) is 12.8. The van der Waals surface area contributed by atoms with Gasteiger partial charge in [0.25, 0.3) is 0 Å². The molecule has 2 rings (SSSR count). The predicted octanol–water partition coefficient (Wildman–Crippen LogP) is 5.58. The zero-order valence-electron chi connectivity index (χ0n) is 15.5. The molecular weight excluding hydrogens is 430 g/mol. The Morgan fingerprint density at radius 2 is 1.93 bits per heavy atom. The molecule has 0 aliphatic rings. The van der Waals surface area contributed by atoms with Crippen molar-refractivity contribution in [3.8, 4) is 5.75 Å². The fourth-order valence-corrected chi connectivity index (χ4v) is 3.51. The summed E-state index contributed by atoms with van der Waals surface area (Å²) in [6.45, 7) is 3.71. The van der Waals surface area contributed by atoms with Crippen molar-refractivity contribution < 1.29 is 19.7 Å². The Balaban J connectivity index is 2.25. The van der Waals surface area contributed by atoms with Gasteiger partial charge in [-0.1, -0.05) is 29.8 Å². The molecule has 0 spiro atoms. The second-order valence-electron chi connectivity index (χ2n) is 6.80. The lowest BCUT2D eigenvalue weighted by Gasteiger charge is -2.34. The number of hydrogen-bond acceptors (Lipinski definition) is 5. The number of anilines is 1. The van der Waals surface area contributed by atoms with Crippen molar-refractivity contribution in [2.45, 2.75) is 31.3 Å². The van der Waals surface area contributed by atoms with Crippen molar-refractivity contribution in [1.29, 1.82) is 0 Å². The Bertz CT molecular complexity index is 780. The Morgan fingerprint density at radius 1 is 1.26 bits per heavy atom. The average molecular weight is 454 g/mol. The molecule has 0 saturated heterocycles. The van der Waals surface area contributed by atoms with E-state index < -0.39 is 17.6 Å². The molecule has 27 heavy (non-hydrogen) atoms. The van der Waals surface area contributed by atoms with Crippen LogP contribution in [-0.2, 0) is 4.74 Å². The summed E-state index contributed by atoms with van der Waals surface area (Å²) in [4.78, 5) is 13.6. The average Bonchev–Trinajstić information content (AvgIpc) is 2.62. The standard InChI is InChI=1S/C20H24BrNO4S/c1-20(2,10-11-23)18(16-12-13(21)4-9-17(16)24)26-19(25)22-14-5-7-15(27-3)8-6-14/h4-9,12,18,23-24H,10-11H2,1-3H3,(H,22,25)/t18-/m0/s1. The van der Waals surface area contributed by atoms with Crippen LogP contribution in [-0.4, -0.2) is 29.2 Å². The van der Waals surface area contributed by atoms with E-state index >= 15 is 0 Å². The van der Waals surface area contributed by atoms with Crippen LogP contribution in [0.5, 0.6) is 5.75 Å². The number of aliphatic hydroxyl groups is 1. The molecule has 1 amide bonds. The fourth-order valence-electron chi connectivity index (χ4n) is 2.73. The van der Waals surface area contributed by atoms with Crippen LogP contribution < -0.4 is 5.32 Å². The molecule has 2 aromatic rings. The minimum absolute atomic E-state index is 0.0336. The van der Waals surface area contributed by atoms with Crippen LogP contribution in [0, 0.1) is 5.41 Å². The van der Waals surface area contributed by atoms with Gasteiger partial charge in [0.1, 0.15) is 11.9 Å². The number of hydrogen-bond donors (Lipinski definition) is 3. The number of aliphatic hydroxyl groups excluding tert-OH is 1. The van der Waals surface area contributed by atoms with Crippen LogP contribution in [0.2, 0.25) is 0 Å². The van der Waals surface area contributed by atoms with Crippen LogP contribution in [0.15, 0.2) is 51.8 Å². The van der Waals surface area contributed by atoms with Crippen molar-refractivity contribution in [2.24, 2.45) is 5.41 Å². The van der Waals surface area contributed by atoms with Gasteiger partial charge < -0.3 is 14.9 Å². The van der Waals surface area contributed by atoms with E-state index in [2.05, 4.69) is 21.2 Å². The molecule has 7 heteroatoms. The van der Waals surface area contributed by atoms with Crippen molar-refractivity contribution in [2.75, 3.05) is 18.2 Å². The molecule has 0 heterocycles. The molecule has 0 saturated carbocycles. The molecule has 0 aromatic heterocycles. The number of carbonyl (C=O) groups excluding carboxylic acids is 1. The highest BCUT2D eigenvalue weighted by atomic mass is 79.9. The first-order valence-corrected chi connectivity index (χ1v) is 10.5. The summed E-state index contributed by atoms with van der Waals surface area (Å²) < 4.78 is 6.46. The molecule has 0 bridgehead atoms. The van der Waals surface area contributed by atoms with E-state index in [9.17, 15) is 15.0 Å². The number of benzene rings is 2. The summed E-state index contributed by atoms with van der Waals surface area (Å²) >= 11 is 5.00. The second kappa shape index (κ2) is 9.48. The quantitative estimate of drug-likeness (QED) is 0.477. The molecule has 0 unspecified atom stereocenters. The predicted molar refractivity (Wildman–Crippen MR) is 112 cm³/mol. The van der Waals surface area contributed by atoms with Crippen LogP contribution >= 0.6 is 27.7 Å². The number of amides is 1. The zero-order valence-corrected chi connectivity index (χ0v) is 17.9. The maximum absolute atomic E-state index is 12.5. The van der Waals surface area contributed by atoms with Gasteiger partial charge in [-0.3, -0.25) is 5.32 Å². The molecule has 0 radical (unpaired) electrons. The smallest absolute Gasteiger partial charge is 0.412 e. The molecule has 2 aromatic carbocycles. The normalized spacial score (nSPS) is 12.5. The minimum Gasteiger partial charge on any atom is -0.508 e. The third kappa shape index (κ3) is 5.89. The first-order valence-electron chi connectivity index (χ1n) is 8.48. The highest BCUT2D eigenvalue weighted by Crippen LogP contribution is 2.43. The Morgan fingerprint density at radius 3 is 2.52 bits per heavy atom. The lowest BCUT2D eigenvalue weighted by Crippen LogP contribution is -2.30. The second-order valence-corrected chi connectivity index (χ2v) is 8.60. The van der Waals surface area contributed by atoms with E-state index in [0.717, 1.165) is 9.37 Å². The lowest BCUT2D eigenvalue weighted by molar-refractivity contribution is 0.0138. The molecular formula is C20H24BrNO4S. The number of thioether (sulfide) groups is 1. The van der Waals surface area contributed by atoms with Crippen molar-refractivity contribution in [3.05, 3.63) is 52.5 Å². The Labute approximate surface area is 172 Å². The molecule has 146 valence electrons. The number of rotatable bonds is 7. The molecule has 3 N–H and O–H groups in total. The van der Waals surface area contributed by atoms with Gasteiger partial charge in [0.05, 0.1) is 0 Å². The Hall–Kier alpha value is -1.70. The molecule has 0 fully saturated rings. The zero-order chi connectivity index (χ0) is 20.0. The number of nitrogens with one attached hydrogen (secondary N) is 1. The highest BCUT2D eigenvalue weighted by Gasteiger charge is 2.35. The summed E-state index contributed by atoms with van der Waals surface area (Å²) in [5, 5.41) is 22.4. The third-order valence-corrected chi connectivity index (χ3v) is 5.54. The van der Waals surface area contributed by atoms with Crippen LogP contribution in [0.25, 0.3) is 0 Å². The maximum Gasteiger partial charge on any atom is 0.412 e. The van der Waals surface area contributed by atoms with Gasteiger partial charge in [0.15, 0.2) is 0 Å². The van der Waals surface area contributed by atoms with Crippen molar-refractivity contribution >= 4 is 39.5 Å². The van der Waals surface area contributed by atoms with Crippen molar-refractivity contribution in [1.82, 2.24) is 0 Å². The highest BCUT2D eigenvalue weighted by molar-refractivity contribution is 9.10. The van der Waals surface area contributed by atoms with E-state index in [1.165, 1.54) is 0 Å². The lowest BCUT2D eigenvalue weighted by atomic mass is 9.79. The maximum atomic E-state index is 12.5. The van der Waals surface area contributed by atoms with E-state index in [1.54, 1.807) is 42.1 Å². The fraction of sp³-hybridized carbons (Fsp3) is 0.350. The number of phenolic OH excluding ortho intramolecular Hbond substituents is 1. The summed E-state index contributed by atoms with van der Waals surface area (Å²) in [6.07, 6.45) is 1.02. The van der Waals surface area contributed by atoms with Gasteiger partial charge in [-0.25, -0.2) is 4.79 Å². The largest absolute Gasteiger partial charge is 0.508 e. The topological polar surface area (TPSA) is 78.8 Å². The van der Waals surface area contributed by atoms with Crippen LogP contribution in [0.3, 0.4) is 0 Å². The van der Waals surface area contributed by atoms with Gasteiger partial charge in [0, 0.05) is 32.6 Å². The number of halogens is 1. The van der Waals surface area contributed by atoms with Gasteiger partial charge >= 0.3 is 6.09 Å². The molecule has 0 aliphatic heterocycles. The summed E-state index contributed by atoms with van der Waals surface area (Å²) in [5.74, 6) is 0.0336. The summed E-state index contributed by atoms with van der Waals surface area (Å²) in [5.41, 5.74) is 0.512. The van der Waals surface area contributed by atoms with Crippen molar-refractivity contribution in [3.63, 3.8) is 0 Å². The van der Waals surface area contributed by atoms with Crippen LogP contribution in [0.4, 0.5) is 10.5 Å². The molecule has 1 atom stereocenters. The first kappa shape index (κ1) is 21.6. The summed E-state index contributed by atoms with van der Waals surface area (Å²) in [6, 6.07) is 12.4. The van der Waals surface area contributed by atoms with E-state index in [4.69, 9.17) is 4.74 Å². The SMILES string of the molecule is CSc1ccc(NC(=O)O[C@@H](c2cc(Br)ccc2O)C(C)(C)CCO)cc1. The number of aromatic hydroxyl groups is 1. The monoisotopic (exact) mass is 453 g/mol. The van der Waals surface area contributed by atoms with Gasteiger partial charge in [-0.15, -0.1) is 11.8 Å². The van der Waals surface area contributed by atoms with E-state index in [0.29, 0.717) is 17.7 Å². The van der Waals surface area contributed by atoms with Crippen LogP contribution in [0.1, 0.15) is 31.9 Å². The Kier molecular flexibility index (Phi) is 7.59. The van der Waals surface area contributed by atoms with Gasteiger partial charge in [0.2, 0.25) is 0 Å². The summed E-state index contributed by atoms with van der Waals surface area (Å²) in [7, 11) is 0. The number of phenols is 1. The molecule has 5 nitrogen and oxygen atoms in total. The van der Waals surface area contributed by atoms with Gasteiger partial charge in [-0.2, -0.15) is 0 Å². The third-order valence-electron chi connectivity index (χ3n) is 4.30. The number of carbonyl (C=O) groups is 1. The van der Waals surface area contributed by atoms with E-state index in [-0.39, 0.29) is 12.4 Å².